The lowest BCUT2D eigenvalue weighted by Gasteiger charge is -2.20. The Balaban J connectivity index is 1.43. The van der Waals surface area contributed by atoms with Crippen LogP contribution >= 0.6 is 11.8 Å². The molecule has 0 saturated carbocycles. The Bertz CT molecular complexity index is 1030. The van der Waals surface area contributed by atoms with Crippen molar-refractivity contribution in [3.8, 4) is 17.2 Å². The number of fused-ring (bicyclic) bond motifs is 1. The van der Waals surface area contributed by atoms with Gasteiger partial charge in [0.05, 0.1) is 4.90 Å². The third-order valence-corrected chi connectivity index (χ3v) is 8.15. The van der Waals surface area contributed by atoms with Crippen LogP contribution < -0.4 is 19.9 Å². The highest BCUT2D eigenvalue weighted by atomic mass is 32.2. The van der Waals surface area contributed by atoms with Crippen molar-refractivity contribution < 1.29 is 27.4 Å². The van der Waals surface area contributed by atoms with E-state index in [1.165, 1.54) is 28.6 Å². The Morgan fingerprint density at radius 1 is 1.13 bits per heavy atom. The zero-order valence-corrected chi connectivity index (χ0v) is 17.8. The Morgan fingerprint density at radius 3 is 2.67 bits per heavy atom. The van der Waals surface area contributed by atoms with Gasteiger partial charge in [0.25, 0.3) is 5.91 Å². The second kappa shape index (κ2) is 8.75. The maximum Gasteiger partial charge on any atom is 0.255 e. The third kappa shape index (κ3) is 4.50. The maximum absolute atomic E-state index is 13.1. The molecule has 2 heterocycles. The fraction of sp³-hybridized carbons (Fsp3) is 0.350. The van der Waals surface area contributed by atoms with Crippen molar-refractivity contribution in [2.45, 2.75) is 16.6 Å². The zero-order valence-electron chi connectivity index (χ0n) is 16.2. The van der Waals surface area contributed by atoms with Gasteiger partial charge in [0.1, 0.15) is 5.75 Å². The van der Waals surface area contributed by atoms with Crippen LogP contribution in [0.4, 0.5) is 0 Å². The van der Waals surface area contributed by atoms with Crippen molar-refractivity contribution in [3.05, 3.63) is 48.0 Å². The molecule has 4 rings (SSSR count). The van der Waals surface area contributed by atoms with Gasteiger partial charge in [0.15, 0.2) is 18.1 Å². The number of primary amides is 1. The van der Waals surface area contributed by atoms with Crippen LogP contribution in [0.15, 0.2) is 47.4 Å². The lowest BCUT2D eigenvalue weighted by Crippen LogP contribution is -2.33. The highest BCUT2D eigenvalue weighted by Gasteiger charge is 2.29. The Hall–Kier alpha value is -2.43. The third-order valence-electron chi connectivity index (χ3n) is 4.91. The first kappa shape index (κ1) is 20.8. The van der Waals surface area contributed by atoms with Crippen LogP contribution in [0.2, 0.25) is 0 Å². The molecule has 1 fully saturated rings. The van der Waals surface area contributed by atoms with E-state index >= 15 is 0 Å². The number of benzene rings is 2. The van der Waals surface area contributed by atoms with Crippen molar-refractivity contribution in [3.63, 3.8) is 0 Å². The molecule has 1 amide bonds. The topological polar surface area (TPSA) is 108 Å². The van der Waals surface area contributed by atoms with E-state index in [-0.39, 0.29) is 23.5 Å². The van der Waals surface area contributed by atoms with Crippen molar-refractivity contribution in [2.24, 2.45) is 5.73 Å². The highest BCUT2D eigenvalue weighted by molar-refractivity contribution is 7.99. The number of nitrogens with two attached hydrogens (primary N) is 1. The summed E-state index contributed by atoms with van der Waals surface area (Å²) in [6.45, 7) is 0.841. The van der Waals surface area contributed by atoms with Gasteiger partial charge in [-0.25, -0.2) is 8.42 Å². The molecule has 2 aromatic carbocycles. The summed E-state index contributed by atoms with van der Waals surface area (Å²) in [5.41, 5.74) is 6.16. The van der Waals surface area contributed by atoms with Crippen molar-refractivity contribution in [1.82, 2.24) is 4.31 Å². The second-order valence-corrected chi connectivity index (χ2v) is 10.1. The largest absolute Gasteiger partial charge is 0.484 e. The molecule has 1 unspecified atom stereocenters. The van der Waals surface area contributed by atoms with Crippen molar-refractivity contribution in [1.29, 1.82) is 0 Å². The molecule has 30 heavy (non-hydrogen) atoms. The fourth-order valence-electron chi connectivity index (χ4n) is 3.38. The SMILES string of the molecule is NC(=O)COc1ccc(S(=O)(=O)N2CCSC(c3ccc4c(c3)OCO4)CC2)cc1. The van der Waals surface area contributed by atoms with E-state index in [2.05, 4.69) is 0 Å². The molecular formula is C20H22N2O6S2. The summed E-state index contributed by atoms with van der Waals surface area (Å²) in [5.74, 6) is 1.97. The molecular weight excluding hydrogens is 428 g/mol. The summed E-state index contributed by atoms with van der Waals surface area (Å²) in [5, 5.41) is 0.185. The average molecular weight is 451 g/mol. The molecule has 0 spiro atoms. The van der Waals surface area contributed by atoms with Crippen LogP contribution in [0.5, 0.6) is 17.2 Å². The molecule has 8 nitrogen and oxygen atoms in total. The van der Waals surface area contributed by atoms with Crippen LogP contribution in [-0.4, -0.2) is 50.9 Å². The number of carbonyl (C=O) groups is 1. The minimum atomic E-state index is -3.62. The molecule has 1 saturated heterocycles. The van der Waals surface area contributed by atoms with Gasteiger partial charge >= 0.3 is 0 Å². The highest BCUT2D eigenvalue weighted by Crippen LogP contribution is 2.40. The molecule has 10 heteroatoms. The Kier molecular flexibility index (Phi) is 6.07. The first-order valence-electron chi connectivity index (χ1n) is 9.46. The quantitative estimate of drug-likeness (QED) is 0.718. The van der Waals surface area contributed by atoms with Gasteiger partial charge in [-0.1, -0.05) is 6.07 Å². The van der Waals surface area contributed by atoms with E-state index in [0.717, 1.165) is 17.1 Å². The molecule has 2 aliphatic rings. The fourth-order valence-corrected chi connectivity index (χ4v) is 6.17. The molecule has 1 atom stereocenters. The summed E-state index contributed by atoms with van der Waals surface area (Å²) in [6.07, 6.45) is 0.698. The molecule has 0 aliphatic carbocycles. The van der Waals surface area contributed by atoms with E-state index < -0.39 is 15.9 Å². The van der Waals surface area contributed by atoms with Crippen LogP contribution in [0.3, 0.4) is 0 Å². The van der Waals surface area contributed by atoms with E-state index in [4.69, 9.17) is 19.9 Å². The van der Waals surface area contributed by atoms with Crippen molar-refractivity contribution >= 4 is 27.7 Å². The van der Waals surface area contributed by atoms with Crippen LogP contribution in [-0.2, 0) is 14.8 Å². The van der Waals surface area contributed by atoms with Crippen LogP contribution in [0.25, 0.3) is 0 Å². The number of hydrogen-bond acceptors (Lipinski definition) is 7. The van der Waals surface area contributed by atoms with E-state index in [1.54, 1.807) is 11.8 Å². The lowest BCUT2D eigenvalue weighted by atomic mass is 10.1. The van der Waals surface area contributed by atoms with Gasteiger partial charge in [0, 0.05) is 24.1 Å². The maximum atomic E-state index is 13.1. The molecule has 160 valence electrons. The van der Waals surface area contributed by atoms with Gasteiger partial charge in [0.2, 0.25) is 16.8 Å². The number of rotatable bonds is 6. The number of thioether (sulfide) groups is 1. The number of nitrogens with zero attached hydrogens (tertiary/aromatic N) is 1. The Morgan fingerprint density at radius 2 is 1.90 bits per heavy atom. The monoisotopic (exact) mass is 450 g/mol. The zero-order chi connectivity index (χ0) is 21.1. The molecule has 2 N–H and O–H groups in total. The first-order valence-corrected chi connectivity index (χ1v) is 11.9. The minimum Gasteiger partial charge on any atom is -0.484 e. The smallest absolute Gasteiger partial charge is 0.255 e. The number of ether oxygens (including phenoxy) is 3. The molecule has 2 aromatic rings. The number of carbonyl (C=O) groups excluding carboxylic acids is 1. The van der Waals surface area contributed by atoms with Crippen LogP contribution in [0, 0.1) is 0 Å². The average Bonchev–Trinajstić information content (AvgIpc) is 3.06. The number of amides is 1. The van der Waals surface area contributed by atoms with Gasteiger partial charge in [-0.3, -0.25) is 4.79 Å². The van der Waals surface area contributed by atoms with Gasteiger partial charge in [-0.2, -0.15) is 16.1 Å². The van der Waals surface area contributed by atoms with Gasteiger partial charge < -0.3 is 19.9 Å². The molecule has 0 aromatic heterocycles. The van der Waals surface area contributed by atoms with Gasteiger partial charge in [-0.05, 0) is 48.4 Å². The normalized spacial score (nSPS) is 19.3. The summed E-state index contributed by atoms with van der Waals surface area (Å²) in [6, 6.07) is 11.9. The van der Waals surface area contributed by atoms with E-state index in [0.29, 0.717) is 31.0 Å². The summed E-state index contributed by atoms with van der Waals surface area (Å²) in [7, 11) is -3.62. The Labute approximate surface area is 179 Å². The summed E-state index contributed by atoms with van der Waals surface area (Å²) < 4.78 is 43.7. The van der Waals surface area contributed by atoms with Crippen LogP contribution in [0.1, 0.15) is 17.2 Å². The van der Waals surface area contributed by atoms with Gasteiger partial charge in [-0.15, -0.1) is 0 Å². The minimum absolute atomic E-state index is 0.185. The number of sulfonamides is 1. The van der Waals surface area contributed by atoms with E-state index in [1.807, 2.05) is 18.2 Å². The molecule has 0 bridgehead atoms. The molecule has 2 aliphatic heterocycles. The van der Waals surface area contributed by atoms with E-state index in [9.17, 15) is 13.2 Å². The predicted molar refractivity (Wildman–Crippen MR) is 112 cm³/mol. The summed E-state index contributed by atoms with van der Waals surface area (Å²) >= 11 is 1.74. The second-order valence-electron chi connectivity index (χ2n) is 6.89. The molecule has 0 radical (unpaired) electrons. The summed E-state index contributed by atoms with van der Waals surface area (Å²) in [4.78, 5) is 11.0. The number of hydrogen-bond donors (Lipinski definition) is 1. The lowest BCUT2D eigenvalue weighted by molar-refractivity contribution is -0.119. The standard InChI is InChI=1S/C20H22N2O6S2/c21-20(23)12-26-15-2-4-16(5-3-15)30(24,25)22-8-7-19(29-10-9-22)14-1-6-17-18(11-14)28-13-27-17/h1-6,11,19H,7-10,12-13H2,(H2,21,23). The first-order chi connectivity index (χ1) is 14.4. The van der Waals surface area contributed by atoms with Crippen molar-refractivity contribution in [2.75, 3.05) is 32.2 Å². The predicted octanol–water partition coefficient (Wildman–Crippen LogP) is 2.15.